The number of hydrogen-bond acceptors (Lipinski definition) is 5. The van der Waals surface area contributed by atoms with Crippen molar-refractivity contribution in [2.75, 3.05) is 26.3 Å². The van der Waals surface area contributed by atoms with Crippen molar-refractivity contribution in [1.82, 2.24) is 14.7 Å². The zero-order chi connectivity index (χ0) is 24.1. The van der Waals surface area contributed by atoms with Gasteiger partial charge in [0.05, 0.1) is 17.3 Å². The molecular weight excluding hydrogens is 450 g/mol. The minimum atomic E-state index is -0.904. The molecule has 1 saturated heterocycles. The van der Waals surface area contributed by atoms with Crippen molar-refractivity contribution in [3.63, 3.8) is 0 Å². The highest BCUT2D eigenvalue weighted by atomic mass is 35.5. The lowest BCUT2D eigenvalue weighted by Gasteiger charge is -2.39. The molecule has 1 unspecified atom stereocenters. The Hall–Kier alpha value is -2.54. The van der Waals surface area contributed by atoms with Gasteiger partial charge in [0.1, 0.15) is 30.3 Å². The maximum absolute atomic E-state index is 11.2. The lowest BCUT2D eigenvalue weighted by Crippen LogP contribution is -2.51. The SMILES string of the molecule is Cc1ccc(Cl)c(OCC2(O)CCCN(Cc3cccc(OCCn4nc(C)cc4C)c3)C2)c1. The Morgan fingerprint density at radius 1 is 1.09 bits per heavy atom. The summed E-state index contributed by atoms with van der Waals surface area (Å²) in [5, 5.41) is 16.2. The summed E-state index contributed by atoms with van der Waals surface area (Å²) in [5.41, 5.74) is 3.50. The van der Waals surface area contributed by atoms with Gasteiger partial charge in [-0.25, -0.2) is 0 Å². The van der Waals surface area contributed by atoms with E-state index in [1.807, 2.05) is 48.9 Å². The number of halogens is 1. The average Bonchev–Trinajstić information content (AvgIpc) is 3.11. The van der Waals surface area contributed by atoms with Gasteiger partial charge in [0.25, 0.3) is 0 Å². The molecule has 34 heavy (non-hydrogen) atoms. The molecule has 4 rings (SSSR count). The van der Waals surface area contributed by atoms with E-state index < -0.39 is 5.60 Å². The molecule has 6 nitrogen and oxygen atoms in total. The molecule has 0 aliphatic carbocycles. The number of ether oxygens (including phenoxy) is 2. The van der Waals surface area contributed by atoms with Crippen LogP contribution in [0.5, 0.6) is 11.5 Å². The molecule has 182 valence electrons. The van der Waals surface area contributed by atoms with Gasteiger partial charge in [-0.3, -0.25) is 9.58 Å². The molecule has 1 aliphatic rings. The number of benzene rings is 2. The van der Waals surface area contributed by atoms with E-state index >= 15 is 0 Å². The summed E-state index contributed by atoms with van der Waals surface area (Å²) in [5.74, 6) is 1.47. The first kappa shape index (κ1) is 24.6. The zero-order valence-electron chi connectivity index (χ0n) is 20.3. The summed E-state index contributed by atoms with van der Waals surface area (Å²) in [6.07, 6.45) is 1.63. The van der Waals surface area contributed by atoms with Crippen LogP contribution in [0, 0.1) is 20.8 Å². The van der Waals surface area contributed by atoms with Crippen LogP contribution in [0.2, 0.25) is 5.02 Å². The molecule has 1 fully saturated rings. The van der Waals surface area contributed by atoms with Crippen molar-refractivity contribution in [2.45, 2.75) is 52.3 Å². The molecule has 1 aromatic heterocycles. The molecule has 1 aliphatic heterocycles. The first-order valence-electron chi connectivity index (χ1n) is 11.9. The number of likely N-dealkylation sites (tertiary alicyclic amines) is 1. The predicted octanol–water partition coefficient (Wildman–Crippen LogP) is 4.95. The molecule has 1 N–H and O–H groups in total. The molecule has 7 heteroatoms. The van der Waals surface area contributed by atoms with Gasteiger partial charge in [0.2, 0.25) is 0 Å². The fourth-order valence-electron chi connectivity index (χ4n) is 4.54. The Labute approximate surface area is 207 Å². The Bertz CT molecular complexity index is 1120. The fraction of sp³-hybridized carbons (Fsp3) is 0.444. The van der Waals surface area contributed by atoms with Crippen LogP contribution >= 0.6 is 11.6 Å². The molecule has 0 spiro atoms. The summed E-state index contributed by atoms with van der Waals surface area (Å²) >= 11 is 6.26. The van der Waals surface area contributed by atoms with Crippen LogP contribution in [-0.2, 0) is 13.1 Å². The predicted molar refractivity (Wildman–Crippen MR) is 135 cm³/mol. The third kappa shape index (κ3) is 6.53. The van der Waals surface area contributed by atoms with Gasteiger partial charge in [-0.05, 0) is 81.6 Å². The molecule has 2 aromatic carbocycles. The number of aliphatic hydroxyl groups is 1. The van der Waals surface area contributed by atoms with Crippen molar-refractivity contribution in [2.24, 2.45) is 0 Å². The van der Waals surface area contributed by atoms with Gasteiger partial charge in [-0.15, -0.1) is 0 Å². The van der Waals surface area contributed by atoms with Crippen LogP contribution in [0.4, 0.5) is 0 Å². The van der Waals surface area contributed by atoms with E-state index in [9.17, 15) is 5.11 Å². The number of nitrogens with zero attached hydrogens (tertiary/aromatic N) is 3. The monoisotopic (exact) mass is 483 g/mol. The van der Waals surface area contributed by atoms with Gasteiger partial charge in [0.15, 0.2) is 0 Å². The normalized spacial score (nSPS) is 18.7. The highest BCUT2D eigenvalue weighted by Gasteiger charge is 2.34. The van der Waals surface area contributed by atoms with Crippen molar-refractivity contribution < 1.29 is 14.6 Å². The molecule has 0 radical (unpaired) electrons. The van der Waals surface area contributed by atoms with Crippen LogP contribution in [0.15, 0.2) is 48.5 Å². The third-order valence-corrected chi connectivity index (χ3v) is 6.51. The molecule has 1 atom stereocenters. The van der Waals surface area contributed by atoms with Gasteiger partial charge < -0.3 is 14.6 Å². The van der Waals surface area contributed by atoms with E-state index in [1.54, 1.807) is 0 Å². The van der Waals surface area contributed by atoms with Crippen molar-refractivity contribution in [3.05, 3.63) is 76.1 Å². The number of aromatic nitrogens is 2. The van der Waals surface area contributed by atoms with Crippen LogP contribution in [0.1, 0.15) is 35.4 Å². The first-order chi connectivity index (χ1) is 16.3. The molecule has 0 bridgehead atoms. The van der Waals surface area contributed by atoms with Gasteiger partial charge in [-0.1, -0.05) is 29.8 Å². The summed E-state index contributed by atoms with van der Waals surface area (Å²) in [6.45, 7) is 9.81. The average molecular weight is 484 g/mol. The number of rotatable bonds is 9. The van der Waals surface area contributed by atoms with E-state index in [-0.39, 0.29) is 6.61 Å². The second kappa shape index (κ2) is 10.8. The van der Waals surface area contributed by atoms with Crippen LogP contribution < -0.4 is 9.47 Å². The zero-order valence-corrected chi connectivity index (χ0v) is 21.0. The maximum Gasteiger partial charge on any atom is 0.138 e. The lowest BCUT2D eigenvalue weighted by molar-refractivity contribution is -0.0621. The van der Waals surface area contributed by atoms with Crippen LogP contribution in [-0.4, -0.2) is 51.7 Å². The van der Waals surface area contributed by atoms with Crippen molar-refractivity contribution in [3.8, 4) is 11.5 Å². The Morgan fingerprint density at radius 2 is 1.94 bits per heavy atom. The second-order valence-electron chi connectivity index (χ2n) is 9.41. The first-order valence-corrected chi connectivity index (χ1v) is 12.2. The van der Waals surface area contributed by atoms with Crippen LogP contribution in [0.3, 0.4) is 0 Å². The second-order valence-corrected chi connectivity index (χ2v) is 9.81. The summed E-state index contributed by atoms with van der Waals surface area (Å²) in [7, 11) is 0. The van der Waals surface area contributed by atoms with E-state index in [4.69, 9.17) is 21.1 Å². The lowest BCUT2D eigenvalue weighted by atomic mass is 9.93. The van der Waals surface area contributed by atoms with Crippen LogP contribution in [0.25, 0.3) is 0 Å². The smallest absolute Gasteiger partial charge is 0.138 e. The molecular formula is C27H34ClN3O3. The highest BCUT2D eigenvalue weighted by molar-refractivity contribution is 6.32. The topological polar surface area (TPSA) is 59.8 Å². The fourth-order valence-corrected chi connectivity index (χ4v) is 4.71. The minimum absolute atomic E-state index is 0.224. The van der Waals surface area contributed by atoms with E-state index in [0.29, 0.717) is 36.9 Å². The molecule has 2 heterocycles. The quantitative estimate of drug-likeness (QED) is 0.466. The molecule has 3 aromatic rings. The number of piperidine rings is 1. The maximum atomic E-state index is 11.2. The van der Waals surface area contributed by atoms with Crippen molar-refractivity contribution in [1.29, 1.82) is 0 Å². The minimum Gasteiger partial charge on any atom is -0.492 e. The number of aryl methyl sites for hydroxylation is 3. The van der Waals surface area contributed by atoms with E-state index in [1.165, 1.54) is 0 Å². The number of β-amino-alcohol motifs (C(OH)–C–C–N with tert-alkyl or cyclic N) is 1. The third-order valence-electron chi connectivity index (χ3n) is 6.20. The van der Waals surface area contributed by atoms with Gasteiger partial charge in [0, 0.05) is 18.8 Å². The summed E-state index contributed by atoms with van der Waals surface area (Å²) in [6, 6.07) is 15.9. The largest absolute Gasteiger partial charge is 0.492 e. The highest BCUT2D eigenvalue weighted by Crippen LogP contribution is 2.29. The summed E-state index contributed by atoms with van der Waals surface area (Å²) < 4.78 is 13.9. The Morgan fingerprint density at radius 3 is 2.74 bits per heavy atom. The van der Waals surface area contributed by atoms with Gasteiger partial charge in [-0.2, -0.15) is 5.10 Å². The molecule has 0 saturated carbocycles. The number of hydrogen-bond donors (Lipinski definition) is 1. The van der Waals surface area contributed by atoms with Gasteiger partial charge >= 0.3 is 0 Å². The Kier molecular flexibility index (Phi) is 7.81. The summed E-state index contributed by atoms with van der Waals surface area (Å²) in [4.78, 5) is 2.28. The standard InChI is InChI=1S/C27H34ClN3O3/c1-20-8-9-25(28)26(14-20)34-19-27(32)10-5-11-30(18-27)17-23-6-4-7-24(16-23)33-13-12-31-22(3)15-21(2)29-31/h4,6-9,14-16,32H,5,10-13,17-19H2,1-3H3. The Balaban J connectivity index is 1.30. The van der Waals surface area contributed by atoms with E-state index in [2.05, 4.69) is 35.1 Å². The van der Waals surface area contributed by atoms with E-state index in [0.717, 1.165) is 47.8 Å². The molecule has 0 amide bonds. The van der Waals surface area contributed by atoms with Crippen molar-refractivity contribution >= 4 is 11.6 Å².